The van der Waals surface area contributed by atoms with Gasteiger partial charge >= 0.3 is 0 Å². The van der Waals surface area contributed by atoms with Crippen LogP contribution in [0.2, 0.25) is 0 Å². The number of pyridine rings is 1. The number of hydrogen-bond donors (Lipinski definition) is 0. The van der Waals surface area contributed by atoms with Gasteiger partial charge in [-0.15, -0.1) is 0 Å². The molecule has 2 heterocycles. The summed E-state index contributed by atoms with van der Waals surface area (Å²) < 4.78 is 2.26. The highest BCUT2D eigenvalue weighted by molar-refractivity contribution is 5.80. The Morgan fingerprint density at radius 3 is 2.32 bits per heavy atom. The number of para-hydroxylation sites is 2. The Bertz CT molecular complexity index is 896. The summed E-state index contributed by atoms with van der Waals surface area (Å²) in [7, 11) is 0. The summed E-state index contributed by atoms with van der Waals surface area (Å²) in [6, 6.07) is 22.7. The van der Waals surface area contributed by atoms with Gasteiger partial charge in [-0.3, -0.25) is 4.98 Å². The summed E-state index contributed by atoms with van der Waals surface area (Å²) in [6.45, 7) is 0.805. The molecule has 4 aromatic rings. The number of benzene rings is 2. The molecule has 0 saturated carbocycles. The van der Waals surface area contributed by atoms with Crippen LogP contribution in [0.15, 0.2) is 79.1 Å². The first kappa shape index (κ1) is 12.8. The molecule has 0 N–H and O–H groups in total. The van der Waals surface area contributed by atoms with Crippen molar-refractivity contribution in [3.63, 3.8) is 0 Å². The normalized spacial score (nSPS) is 10.9. The van der Waals surface area contributed by atoms with Crippen molar-refractivity contribution in [2.75, 3.05) is 0 Å². The third-order valence-electron chi connectivity index (χ3n) is 3.78. The minimum absolute atomic E-state index is 0.805. The van der Waals surface area contributed by atoms with Crippen molar-refractivity contribution < 1.29 is 0 Å². The van der Waals surface area contributed by atoms with E-state index in [4.69, 9.17) is 4.98 Å². The van der Waals surface area contributed by atoms with Gasteiger partial charge in [0.2, 0.25) is 0 Å². The van der Waals surface area contributed by atoms with Gasteiger partial charge in [0, 0.05) is 24.5 Å². The van der Waals surface area contributed by atoms with Crippen molar-refractivity contribution in [2.24, 2.45) is 0 Å². The first-order valence-electron chi connectivity index (χ1n) is 7.31. The third kappa shape index (κ3) is 2.27. The van der Waals surface area contributed by atoms with Gasteiger partial charge in [-0.1, -0.05) is 42.5 Å². The number of fused-ring (bicyclic) bond motifs is 1. The van der Waals surface area contributed by atoms with E-state index in [1.807, 2.05) is 36.7 Å². The SMILES string of the molecule is c1ccc(Cn2c(-c3ccncc3)nc3ccccc32)cc1. The summed E-state index contributed by atoms with van der Waals surface area (Å²) in [5.41, 5.74) is 4.52. The van der Waals surface area contributed by atoms with Crippen molar-refractivity contribution in [3.8, 4) is 11.4 Å². The fourth-order valence-corrected chi connectivity index (χ4v) is 2.72. The largest absolute Gasteiger partial charge is 0.319 e. The molecule has 0 fully saturated rings. The maximum Gasteiger partial charge on any atom is 0.141 e. The van der Waals surface area contributed by atoms with E-state index in [-0.39, 0.29) is 0 Å². The van der Waals surface area contributed by atoms with Gasteiger partial charge in [-0.05, 0) is 29.8 Å². The highest BCUT2D eigenvalue weighted by Crippen LogP contribution is 2.25. The van der Waals surface area contributed by atoms with Crippen LogP contribution in [-0.2, 0) is 6.54 Å². The average Bonchev–Trinajstić information content (AvgIpc) is 2.95. The van der Waals surface area contributed by atoms with Crippen LogP contribution in [0.3, 0.4) is 0 Å². The molecular formula is C19H15N3. The van der Waals surface area contributed by atoms with Crippen molar-refractivity contribution in [1.29, 1.82) is 0 Å². The smallest absolute Gasteiger partial charge is 0.141 e. The molecule has 0 saturated heterocycles. The molecule has 0 aliphatic rings. The summed E-state index contributed by atoms with van der Waals surface area (Å²) in [4.78, 5) is 8.92. The van der Waals surface area contributed by atoms with Crippen molar-refractivity contribution >= 4 is 11.0 Å². The second kappa shape index (κ2) is 5.45. The highest BCUT2D eigenvalue weighted by atomic mass is 15.1. The van der Waals surface area contributed by atoms with Crippen LogP contribution in [0.4, 0.5) is 0 Å². The predicted molar refractivity (Wildman–Crippen MR) is 88.5 cm³/mol. The molecule has 0 bridgehead atoms. The Hall–Kier alpha value is -2.94. The second-order valence-electron chi connectivity index (χ2n) is 5.23. The maximum absolute atomic E-state index is 4.81. The van der Waals surface area contributed by atoms with Crippen LogP contribution in [0, 0.1) is 0 Å². The first-order chi connectivity index (χ1) is 10.9. The Morgan fingerprint density at radius 2 is 1.50 bits per heavy atom. The van der Waals surface area contributed by atoms with E-state index in [1.165, 1.54) is 5.56 Å². The van der Waals surface area contributed by atoms with Crippen LogP contribution in [-0.4, -0.2) is 14.5 Å². The fourth-order valence-electron chi connectivity index (χ4n) is 2.72. The zero-order valence-electron chi connectivity index (χ0n) is 12.1. The van der Waals surface area contributed by atoms with Gasteiger partial charge in [0.05, 0.1) is 11.0 Å². The Labute approximate surface area is 128 Å². The summed E-state index contributed by atoms with van der Waals surface area (Å²) in [6.07, 6.45) is 3.61. The number of rotatable bonds is 3. The lowest BCUT2D eigenvalue weighted by atomic mass is 10.2. The molecule has 0 spiro atoms. The lowest BCUT2D eigenvalue weighted by molar-refractivity contribution is 0.834. The summed E-state index contributed by atoms with van der Waals surface area (Å²) in [5.74, 6) is 0.979. The fraction of sp³-hybridized carbons (Fsp3) is 0.0526. The van der Waals surface area contributed by atoms with E-state index in [0.29, 0.717) is 0 Å². The molecule has 2 aromatic heterocycles. The van der Waals surface area contributed by atoms with E-state index in [1.54, 1.807) is 0 Å². The Kier molecular flexibility index (Phi) is 3.16. The van der Waals surface area contributed by atoms with Crippen molar-refractivity contribution in [3.05, 3.63) is 84.7 Å². The van der Waals surface area contributed by atoms with Gasteiger partial charge in [0.25, 0.3) is 0 Å². The molecule has 0 unspecified atom stereocenters. The summed E-state index contributed by atoms with van der Waals surface area (Å²) >= 11 is 0. The molecule has 0 aliphatic carbocycles. The maximum atomic E-state index is 4.81. The number of hydrogen-bond acceptors (Lipinski definition) is 2. The zero-order valence-corrected chi connectivity index (χ0v) is 12.1. The van der Waals surface area contributed by atoms with E-state index >= 15 is 0 Å². The monoisotopic (exact) mass is 285 g/mol. The van der Waals surface area contributed by atoms with E-state index in [0.717, 1.165) is 29.0 Å². The number of imidazole rings is 1. The Balaban J connectivity index is 1.91. The molecular weight excluding hydrogens is 270 g/mol. The molecule has 0 aliphatic heterocycles. The molecule has 0 radical (unpaired) electrons. The quantitative estimate of drug-likeness (QED) is 0.566. The van der Waals surface area contributed by atoms with Crippen LogP contribution >= 0.6 is 0 Å². The lowest BCUT2D eigenvalue weighted by Gasteiger charge is -2.09. The average molecular weight is 285 g/mol. The predicted octanol–water partition coefficient (Wildman–Crippen LogP) is 4.15. The highest BCUT2D eigenvalue weighted by Gasteiger charge is 2.12. The number of nitrogens with zero attached hydrogens (tertiary/aromatic N) is 3. The van der Waals surface area contributed by atoms with Crippen LogP contribution in [0.5, 0.6) is 0 Å². The Morgan fingerprint density at radius 1 is 0.773 bits per heavy atom. The topological polar surface area (TPSA) is 30.7 Å². The van der Waals surface area contributed by atoms with Gasteiger partial charge < -0.3 is 4.57 Å². The zero-order chi connectivity index (χ0) is 14.8. The van der Waals surface area contributed by atoms with Gasteiger partial charge in [-0.25, -0.2) is 4.98 Å². The molecule has 3 heteroatoms. The van der Waals surface area contributed by atoms with Gasteiger partial charge in [0.15, 0.2) is 0 Å². The van der Waals surface area contributed by atoms with Crippen molar-refractivity contribution in [2.45, 2.75) is 6.54 Å². The van der Waals surface area contributed by atoms with Crippen LogP contribution < -0.4 is 0 Å². The molecule has 106 valence electrons. The summed E-state index contributed by atoms with van der Waals surface area (Å²) in [5, 5.41) is 0. The minimum atomic E-state index is 0.805. The first-order valence-corrected chi connectivity index (χ1v) is 7.31. The van der Waals surface area contributed by atoms with Crippen LogP contribution in [0.25, 0.3) is 22.4 Å². The van der Waals surface area contributed by atoms with Crippen molar-refractivity contribution in [1.82, 2.24) is 14.5 Å². The molecule has 0 amide bonds. The molecule has 22 heavy (non-hydrogen) atoms. The molecule has 3 nitrogen and oxygen atoms in total. The second-order valence-corrected chi connectivity index (χ2v) is 5.23. The molecule has 2 aromatic carbocycles. The molecule has 0 atom stereocenters. The lowest BCUT2D eigenvalue weighted by Crippen LogP contribution is -2.02. The van der Waals surface area contributed by atoms with E-state index < -0.39 is 0 Å². The van der Waals surface area contributed by atoms with Crippen LogP contribution in [0.1, 0.15) is 5.56 Å². The minimum Gasteiger partial charge on any atom is -0.319 e. The van der Waals surface area contributed by atoms with Gasteiger partial charge in [-0.2, -0.15) is 0 Å². The van der Waals surface area contributed by atoms with Gasteiger partial charge in [0.1, 0.15) is 5.82 Å². The third-order valence-corrected chi connectivity index (χ3v) is 3.78. The number of aromatic nitrogens is 3. The van der Waals surface area contributed by atoms with E-state index in [9.17, 15) is 0 Å². The molecule has 4 rings (SSSR count). The van der Waals surface area contributed by atoms with E-state index in [2.05, 4.69) is 52.0 Å². The standard InChI is InChI=1S/C19H15N3/c1-2-6-15(7-3-1)14-22-18-9-5-4-8-17(18)21-19(22)16-10-12-20-13-11-16/h1-13H,14H2.